The van der Waals surface area contributed by atoms with E-state index < -0.39 is 0 Å². The Morgan fingerprint density at radius 3 is 2.73 bits per heavy atom. The maximum Gasteiger partial charge on any atom is 0.127 e. The molecular weight excluding hydrogens is 227 g/mol. The fraction of sp³-hybridized carbons (Fsp3) is 0.250. The van der Waals surface area contributed by atoms with Crippen LogP contribution in [-0.4, -0.2) is 5.75 Å². The predicted molar refractivity (Wildman–Crippen MR) is 51.7 cm³/mol. The maximum atomic E-state index is 13.0. The molecule has 0 saturated carbocycles. The lowest BCUT2D eigenvalue weighted by atomic mass is 10.2. The standard InChI is InChI=1S/C8H8BrFS/c9-7-2-1-3-8(10)6(7)4-5-11/h1-3,11H,4-5H2. The third-order valence-corrected chi connectivity index (χ3v) is 2.39. The highest BCUT2D eigenvalue weighted by atomic mass is 79.9. The summed E-state index contributed by atoms with van der Waals surface area (Å²) in [6.07, 6.45) is 0.663. The largest absolute Gasteiger partial charge is 0.207 e. The van der Waals surface area contributed by atoms with Crippen LogP contribution in [0.4, 0.5) is 4.39 Å². The van der Waals surface area contributed by atoms with Crippen LogP contribution in [0.1, 0.15) is 5.56 Å². The van der Waals surface area contributed by atoms with Crippen LogP contribution in [0.15, 0.2) is 22.7 Å². The van der Waals surface area contributed by atoms with Gasteiger partial charge in [0.2, 0.25) is 0 Å². The van der Waals surface area contributed by atoms with E-state index in [4.69, 9.17) is 0 Å². The quantitative estimate of drug-likeness (QED) is 0.748. The van der Waals surface area contributed by atoms with Gasteiger partial charge in [0, 0.05) is 10.0 Å². The van der Waals surface area contributed by atoms with Crippen molar-refractivity contribution in [1.29, 1.82) is 0 Å². The van der Waals surface area contributed by atoms with Gasteiger partial charge in [0.05, 0.1) is 0 Å². The third-order valence-electron chi connectivity index (χ3n) is 1.42. The van der Waals surface area contributed by atoms with E-state index >= 15 is 0 Å². The average molecular weight is 235 g/mol. The Kier molecular flexibility index (Phi) is 3.40. The van der Waals surface area contributed by atoms with Gasteiger partial charge >= 0.3 is 0 Å². The zero-order valence-electron chi connectivity index (χ0n) is 5.85. The molecule has 11 heavy (non-hydrogen) atoms. The molecule has 0 N–H and O–H groups in total. The topological polar surface area (TPSA) is 0 Å². The van der Waals surface area contributed by atoms with Gasteiger partial charge in [-0.15, -0.1) is 0 Å². The predicted octanol–water partition coefficient (Wildman–Crippen LogP) is 3.06. The average Bonchev–Trinajstić information content (AvgIpc) is 1.97. The second kappa shape index (κ2) is 4.12. The lowest BCUT2D eigenvalue weighted by Crippen LogP contribution is -1.92. The molecule has 0 nitrogen and oxygen atoms in total. The first-order valence-electron chi connectivity index (χ1n) is 3.29. The van der Waals surface area contributed by atoms with E-state index in [0.717, 1.165) is 4.47 Å². The van der Waals surface area contributed by atoms with E-state index in [2.05, 4.69) is 28.6 Å². The zero-order chi connectivity index (χ0) is 8.27. The Bertz CT molecular complexity index is 230. The van der Waals surface area contributed by atoms with Crippen molar-refractivity contribution in [3.63, 3.8) is 0 Å². The molecule has 3 heteroatoms. The minimum absolute atomic E-state index is 0.159. The van der Waals surface area contributed by atoms with Crippen molar-refractivity contribution in [1.82, 2.24) is 0 Å². The van der Waals surface area contributed by atoms with Crippen molar-refractivity contribution in [3.05, 3.63) is 34.1 Å². The molecule has 0 bridgehead atoms. The van der Waals surface area contributed by atoms with Gasteiger partial charge in [-0.25, -0.2) is 4.39 Å². The van der Waals surface area contributed by atoms with E-state index in [-0.39, 0.29) is 5.82 Å². The number of benzene rings is 1. The maximum absolute atomic E-state index is 13.0. The van der Waals surface area contributed by atoms with E-state index in [1.54, 1.807) is 6.07 Å². The highest BCUT2D eigenvalue weighted by molar-refractivity contribution is 9.10. The van der Waals surface area contributed by atoms with Gasteiger partial charge in [-0.2, -0.15) is 12.6 Å². The summed E-state index contributed by atoms with van der Waals surface area (Å²) in [7, 11) is 0. The minimum Gasteiger partial charge on any atom is -0.207 e. The number of hydrogen-bond donors (Lipinski definition) is 1. The second-order valence-electron chi connectivity index (χ2n) is 2.17. The van der Waals surface area contributed by atoms with Gasteiger partial charge in [-0.3, -0.25) is 0 Å². The van der Waals surface area contributed by atoms with Crippen LogP contribution >= 0.6 is 28.6 Å². The van der Waals surface area contributed by atoms with Crippen molar-refractivity contribution in [3.8, 4) is 0 Å². The van der Waals surface area contributed by atoms with Crippen LogP contribution < -0.4 is 0 Å². The molecule has 1 rings (SSSR count). The Morgan fingerprint density at radius 2 is 2.18 bits per heavy atom. The van der Waals surface area contributed by atoms with Crippen molar-refractivity contribution in [2.75, 3.05) is 5.75 Å². The summed E-state index contributed by atoms with van der Waals surface area (Å²) >= 11 is 7.31. The lowest BCUT2D eigenvalue weighted by Gasteiger charge is -2.02. The fourth-order valence-corrected chi connectivity index (χ4v) is 1.65. The second-order valence-corrected chi connectivity index (χ2v) is 3.48. The van der Waals surface area contributed by atoms with E-state index in [9.17, 15) is 4.39 Å². The smallest absolute Gasteiger partial charge is 0.127 e. The summed E-state index contributed by atoms with van der Waals surface area (Å²) in [5.74, 6) is 0.507. The van der Waals surface area contributed by atoms with Crippen LogP contribution in [-0.2, 0) is 6.42 Å². The molecule has 0 aliphatic rings. The molecule has 60 valence electrons. The summed E-state index contributed by atoms with van der Waals surface area (Å²) in [6.45, 7) is 0. The monoisotopic (exact) mass is 234 g/mol. The first-order valence-corrected chi connectivity index (χ1v) is 4.72. The molecule has 0 heterocycles. The Labute approximate surface area is 79.3 Å². The molecule has 1 aromatic carbocycles. The number of thiol groups is 1. The molecule has 0 unspecified atom stereocenters. The van der Waals surface area contributed by atoms with Crippen LogP contribution in [0.5, 0.6) is 0 Å². The summed E-state index contributed by atoms with van der Waals surface area (Å²) in [5, 5.41) is 0. The molecule has 1 aromatic rings. The molecular formula is C8H8BrFS. The first kappa shape index (κ1) is 9.07. The van der Waals surface area contributed by atoms with Gasteiger partial charge in [0.1, 0.15) is 5.82 Å². The van der Waals surface area contributed by atoms with Gasteiger partial charge in [-0.1, -0.05) is 22.0 Å². The number of hydrogen-bond acceptors (Lipinski definition) is 1. The lowest BCUT2D eigenvalue weighted by molar-refractivity contribution is 0.611. The Balaban J connectivity index is 3.00. The van der Waals surface area contributed by atoms with Crippen LogP contribution in [0, 0.1) is 5.82 Å². The van der Waals surface area contributed by atoms with E-state index in [1.165, 1.54) is 6.07 Å². The summed E-state index contributed by atoms with van der Waals surface area (Å²) in [5.41, 5.74) is 0.711. The summed E-state index contributed by atoms with van der Waals surface area (Å²) in [4.78, 5) is 0. The Morgan fingerprint density at radius 1 is 1.45 bits per heavy atom. The SMILES string of the molecule is Fc1cccc(Br)c1CCS. The Hall–Kier alpha value is -0.0200. The molecule has 0 aromatic heterocycles. The van der Waals surface area contributed by atoms with Gasteiger partial charge < -0.3 is 0 Å². The molecule has 0 spiro atoms. The zero-order valence-corrected chi connectivity index (χ0v) is 8.33. The van der Waals surface area contributed by atoms with Gasteiger partial charge in [0.15, 0.2) is 0 Å². The third kappa shape index (κ3) is 2.20. The van der Waals surface area contributed by atoms with E-state index in [1.807, 2.05) is 6.07 Å². The highest BCUT2D eigenvalue weighted by Gasteiger charge is 2.03. The van der Waals surface area contributed by atoms with Gasteiger partial charge in [0.25, 0.3) is 0 Å². The molecule has 0 saturated heterocycles. The minimum atomic E-state index is -0.159. The van der Waals surface area contributed by atoms with Crippen molar-refractivity contribution in [2.45, 2.75) is 6.42 Å². The van der Waals surface area contributed by atoms with Crippen molar-refractivity contribution < 1.29 is 4.39 Å². The summed E-state index contributed by atoms with van der Waals surface area (Å²) in [6, 6.07) is 4.98. The molecule has 0 fully saturated rings. The van der Waals surface area contributed by atoms with E-state index in [0.29, 0.717) is 17.7 Å². The fourth-order valence-electron chi connectivity index (χ4n) is 0.883. The summed E-state index contributed by atoms with van der Waals surface area (Å²) < 4.78 is 13.8. The normalized spacial score (nSPS) is 10.1. The number of halogens is 2. The van der Waals surface area contributed by atoms with Crippen LogP contribution in [0.2, 0.25) is 0 Å². The molecule has 0 radical (unpaired) electrons. The van der Waals surface area contributed by atoms with Gasteiger partial charge in [-0.05, 0) is 24.3 Å². The molecule has 0 aliphatic carbocycles. The van der Waals surface area contributed by atoms with Crippen molar-refractivity contribution >= 4 is 28.6 Å². The molecule has 0 aliphatic heterocycles. The van der Waals surface area contributed by atoms with Crippen LogP contribution in [0.25, 0.3) is 0 Å². The van der Waals surface area contributed by atoms with Crippen molar-refractivity contribution in [2.24, 2.45) is 0 Å². The van der Waals surface area contributed by atoms with Crippen LogP contribution in [0.3, 0.4) is 0 Å². The highest BCUT2D eigenvalue weighted by Crippen LogP contribution is 2.20. The molecule has 0 amide bonds. The molecule has 0 atom stereocenters. The first-order chi connectivity index (χ1) is 5.25. The number of rotatable bonds is 2.